The molecule has 0 atom stereocenters. The van der Waals surface area contributed by atoms with Crippen molar-refractivity contribution < 1.29 is 13.2 Å². The van der Waals surface area contributed by atoms with E-state index in [2.05, 4.69) is 16.8 Å². The van der Waals surface area contributed by atoms with Crippen LogP contribution in [0.25, 0.3) is 0 Å². The van der Waals surface area contributed by atoms with E-state index in [4.69, 9.17) is 0 Å². The third-order valence-corrected chi connectivity index (χ3v) is 8.84. The molecule has 1 aliphatic rings. The average molecular weight is 450 g/mol. The number of carbonyl (C=O) groups is 1. The Kier molecular flexibility index (Phi) is 7.72. The number of benzene rings is 1. The van der Waals surface area contributed by atoms with Gasteiger partial charge in [0.1, 0.15) is 6.07 Å². The Labute approximate surface area is 180 Å². The molecule has 1 amide bonds. The summed E-state index contributed by atoms with van der Waals surface area (Å²) in [6.07, 6.45) is 0.976. The van der Waals surface area contributed by atoms with Gasteiger partial charge in [-0.25, -0.2) is 8.42 Å². The fraction of sp³-hybridized carbons (Fsp3) is 0.400. The van der Waals surface area contributed by atoms with Crippen LogP contribution in [0.4, 0.5) is 0 Å². The Morgan fingerprint density at radius 1 is 1.24 bits per heavy atom. The number of rotatable bonds is 8. The zero-order chi connectivity index (χ0) is 20.7. The minimum absolute atomic E-state index is 0.00352. The Morgan fingerprint density at radius 3 is 2.69 bits per heavy atom. The van der Waals surface area contributed by atoms with E-state index in [0.29, 0.717) is 19.4 Å². The van der Waals surface area contributed by atoms with Crippen LogP contribution in [0.15, 0.2) is 46.7 Å². The van der Waals surface area contributed by atoms with E-state index in [1.807, 2.05) is 12.1 Å². The molecule has 0 unspecified atom stereocenters. The first-order chi connectivity index (χ1) is 14.0. The summed E-state index contributed by atoms with van der Waals surface area (Å²) in [4.78, 5) is 13.7. The summed E-state index contributed by atoms with van der Waals surface area (Å²) in [6.45, 7) is 1.18. The number of hydrogen-bond acceptors (Lipinski definition) is 6. The second kappa shape index (κ2) is 10.3. The van der Waals surface area contributed by atoms with Crippen LogP contribution in [-0.4, -0.2) is 44.0 Å². The third kappa shape index (κ3) is 5.60. The number of hydrogen-bond donors (Lipinski definition) is 1. The van der Waals surface area contributed by atoms with Crippen LogP contribution < -0.4 is 5.32 Å². The van der Waals surface area contributed by atoms with Gasteiger partial charge < -0.3 is 5.32 Å². The summed E-state index contributed by atoms with van der Waals surface area (Å²) < 4.78 is 27.1. The van der Waals surface area contributed by atoms with Crippen LogP contribution in [0.1, 0.15) is 23.3 Å². The zero-order valence-electron chi connectivity index (χ0n) is 15.9. The molecule has 0 bridgehead atoms. The summed E-state index contributed by atoms with van der Waals surface area (Å²) in [5, 5.41) is 14.2. The molecule has 1 aromatic heterocycles. The van der Waals surface area contributed by atoms with Gasteiger partial charge in [0.15, 0.2) is 0 Å². The van der Waals surface area contributed by atoms with Crippen molar-refractivity contribution in [2.75, 3.05) is 25.4 Å². The predicted octanol–water partition coefficient (Wildman–Crippen LogP) is 3.07. The maximum atomic E-state index is 12.9. The molecule has 0 radical (unpaired) electrons. The number of thioether (sulfide) groups is 1. The van der Waals surface area contributed by atoms with E-state index in [9.17, 15) is 18.5 Å². The SMILES string of the molecule is N#Cc1ccccc1S(=O)(=O)N1CCC(C(=O)NCCSCc2cccs2)CC1. The van der Waals surface area contributed by atoms with Gasteiger partial charge in [0.05, 0.1) is 10.5 Å². The van der Waals surface area contributed by atoms with Crippen molar-refractivity contribution in [2.45, 2.75) is 23.5 Å². The molecule has 1 N–H and O–H groups in total. The van der Waals surface area contributed by atoms with Crippen LogP contribution in [0.5, 0.6) is 0 Å². The van der Waals surface area contributed by atoms with Gasteiger partial charge in [0.25, 0.3) is 0 Å². The number of nitriles is 1. The molecule has 6 nitrogen and oxygen atoms in total. The molecule has 1 aromatic carbocycles. The molecule has 1 fully saturated rings. The lowest BCUT2D eigenvalue weighted by molar-refractivity contribution is -0.125. The van der Waals surface area contributed by atoms with Gasteiger partial charge in [-0.1, -0.05) is 18.2 Å². The molecular formula is C20H23N3O3S3. The molecule has 2 heterocycles. The largest absolute Gasteiger partial charge is 0.355 e. The number of nitrogens with zero attached hydrogens (tertiary/aromatic N) is 2. The lowest BCUT2D eigenvalue weighted by atomic mass is 9.97. The quantitative estimate of drug-likeness (QED) is 0.626. The topological polar surface area (TPSA) is 90.3 Å². The first-order valence-corrected chi connectivity index (χ1v) is 12.9. The molecule has 0 spiro atoms. The maximum absolute atomic E-state index is 12.9. The normalized spacial score (nSPS) is 15.7. The number of nitrogens with one attached hydrogen (secondary N) is 1. The second-order valence-electron chi connectivity index (χ2n) is 6.71. The molecule has 0 aliphatic carbocycles. The summed E-state index contributed by atoms with van der Waals surface area (Å²) in [5.74, 6) is 1.63. The van der Waals surface area contributed by atoms with Gasteiger partial charge in [0.2, 0.25) is 15.9 Å². The van der Waals surface area contributed by atoms with Gasteiger partial charge in [-0.15, -0.1) is 11.3 Å². The van der Waals surface area contributed by atoms with Crippen molar-refractivity contribution in [3.05, 3.63) is 52.2 Å². The van der Waals surface area contributed by atoms with Crippen molar-refractivity contribution in [3.8, 4) is 6.07 Å². The number of piperidine rings is 1. The van der Waals surface area contributed by atoms with Gasteiger partial charge in [0, 0.05) is 41.9 Å². The lowest BCUT2D eigenvalue weighted by Gasteiger charge is -2.30. The molecule has 0 saturated carbocycles. The Balaban J connectivity index is 1.44. The fourth-order valence-corrected chi connectivity index (χ4v) is 6.55. The molecule has 2 aromatic rings. The minimum atomic E-state index is -3.72. The Hall–Kier alpha value is -1.86. The highest BCUT2D eigenvalue weighted by Gasteiger charge is 2.33. The minimum Gasteiger partial charge on any atom is -0.355 e. The first kappa shape index (κ1) is 21.8. The molecular weight excluding hydrogens is 426 g/mol. The van der Waals surface area contributed by atoms with Gasteiger partial charge in [-0.2, -0.15) is 21.3 Å². The van der Waals surface area contributed by atoms with Crippen LogP contribution in [0.3, 0.4) is 0 Å². The van der Waals surface area contributed by atoms with Gasteiger partial charge in [-0.3, -0.25) is 4.79 Å². The summed E-state index contributed by atoms with van der Waals surface area (Å²) in [6, 6.07) is 12.3. The van der Waals surface area contributed by atoms with Gasteiger partial charge >= 0.3 is 0 Å². The Bertz CT molecular complexity index is 960. The molecule has 3 rings (SSSR count). The molecule has 9 heteroatoms. The van der Waals surface area contributed by atoms with Crippen molar-refractivity contribution in [1.29, 1.82) is 5.26 Å². The third-order valence-electron chi connectivity index (χ3n) is 4.82. The fourth-order valence-electron chi connectivity index (χ4n) is 3.24. The number of amides is 1. The van der Waals surface area contributed by atoms with E-state index in [1.165, 1.54) is 21.3 Å². The first-order valence-electron chi connectivity index (χ1n) is 9.39. The number of carbonyl (C=O) groups excluding carboxylic acids is 1. The monoisotopic (exact) mass is 449 g/mol. The molecule has 154 valence electrons. The Morgan fingerprint density at radius 2 is 2.00 bits per heavy atom. The average Bonchev–Trinajstić information content (AvgIpc) is 3.27. The van der Waals surface area contributed by atoms with Crippen molar-refractivity contribution in [2.24, 2.45) is 5.92 Å². The van der Waals surface area contributed by atoms with Crippen molar-refractivity contribution >= 4 is 39.0 Å². The highest BCUT2D eigenvalue weighted by Crippen LogP contribution is 2.25. The highest BCUT2D eigenvalue weighted by molar-refractivity contribution is 7.98. The van der Waals surface area contributed by atoms with Crippen LogP contribution in [0, 0.1) is 17.2 Å². The van der Waals surface area contributed by atoms with Crippen molar-refractivity contribution in [3.63, 3.8) is 0 Å². The molecule has 29 heavy (non-hydrogen) atoms. The number of thiophene rings is 1. The van der Waals surface area contributed by atoms with E-state index in [1.54, 1.807) is 35.2 Å². The van der Waals surface area contributed by atoms with E-state index in [-0.39, 0.29) is 35.4 Å². The zero-order valence-corrected chi connectivity index (χ0v) is 18.4. The molecule has 1 aliphatic heterocycles. The van der Waals surface area contributed by atoms with Crippen molar-refractivity contribution in [1.82, 2.24) is 9.62 Å². The van der Waals surface area contributed by atoms with E-state index in [0.717, 1.165) is 11.5 Å². The van der Waals surface area contributed by atoms with Crippen LogP contribution in [-0.2, 0) is 20.6 Å². The standard InChI is InChI=1S/C20H23N3O3S3/c21-14-17-4-1-2-6-19(17)29(25,26)23-10-7-16(8-11-23)20(24)22-9-13-27-15-18-5-3-12-28-18/h1-6,12,16H,7-11,13,15H2,(H,22,24). The molecule has 1 saturated heterocycles. The second-order valence-corrected chi connectivity index (χ2v) is 10.8. The van der Waals surface area contributed by atoms with E-state index >= 15 is 0 Å². The maximum Gasteiger partial charge on any atom is 0.244 e. The van der Waals surface area contributed by atoms with Crippen LogP contribution >= 0.6 is 23.1 Å². The van der Waals surface area contributed by atoms with Gasteiger partial charge in [-0.05, 0) is 36.4 Å². The number of sulfonamides is 1. The smallest absolute Gasteiger partial charge is 0.244 e. The lowest BCUT2D eigenvalue weighted by Crippen LogP contribution is -2.43. The highest BCUT2D eigenvalue weighted by atomic mass is 32.2. The summed E-state index contributed by atoms with van der Waals surface area (Å²) in [5.41, 5.74) is 0.146. The summed E-state index contributed by atoms with van der Waals surface area (Å²) >= 11 is 3.52. The van der Waals surface area contributed by atoms with Crippen LogP contribution in [0.2, 0.25) is 0 Å². The predicted molar refractivity (Wildman–Crippen MR) is 116 cm³/mol. The summed E-state index contributed by atoms with van der Waals surface area (Å²) in [7, 11) is -3.72. The van der Waals surface area contributed by atoms with E-state index < -0.39 is 10.0 Å².